The predicted octanol–water partition coefficient (Wildman–Crippen LogP) is 3.62. The number of methoxy groups -OCH3 is 1. The molecule has 1 amide bonds. The second-order valence-corrected chi connectivity index (χ2v) is 7.79. The van der Waals surface area contributed by atoms with Crippen molar-refractivity contribution in [2.24, 2.45) is 5.92 Å². The third kappa shape index (κ3) is 6.61. The molecule has 0 bridgehead atoms. The van der Waals surface area contributed by atoms with Crippen LogP contribution >= 0.6 is 0 Å². The van der Waals surface area contributed by atoms with Crippen molar-refractivity contribution < 1.29 is 9.53 Å². The molecule has 0 aliphatic carbocycles. The molecule has 30 heavy (non-hydrogen) atoms. The lowest BCUT2D eigenvalue weighted by molar-refractivity contribution is -0.121. The fourth-order valence-corrected chi connectivity index (χ4v) is 3.73. The maximum Gasteiger partial charge on any atom is 0.220 e. The predicted molar refractivity (Wildman–Crippen MR) is 120 cm³/mol. The summed E-state index contributed by atoms with van der Waals surface area (Å²) in [4.78, 5) is 23.3. The van der Waals surface area contributed by atoms with Crippen LogP contribution < -0.4 is 20.3 Å². The number of hydrogen-bond acceptors (Lipinski definition) is 6. The highest BCUT2D eigenvalue weighted by atomic mass is 16.5. The molecule has 7 heteroatoms. The van der Waals surface area contributed by atoms with Crippen LogP contribution in [-0.2, 0) is 11.3 Å². The van der Waals surface area contributed by atoms with Gasteiger partial charge in [0, 0.05) is 38.7 Å². The lowest BCUT2D eigenvalue weighted by Gasteiger charge is -2.32. The number of anilines is 2. The van der Waals surface area contributed by atoms with E-state index in [9.17, 15) is 4.79 Å². The molecule has 0 saturated carbocycles. The Kier molecular flexibility index (Phi) is 8.30. The molecule has 162 valence electrons. The molecule has 2 N–H and O–H groups in total. The molecule has 2 heterocycles. The van der Waals surface area contributed by atoms with Gasteiger partial charge in [-0.15, -0.1) is 0 Å². The molecule has 0 radical (unpaired) electrons. The highest BCUT2D eigenvalue weighted by molar-refractivity contribution is 5.75. The van der Waals surface area contributed by atoms with Crippen molar-refractivity contribution in [2.75, 3.05) is 37.0 Å². The highest BCUT2D eigenvalue weighted by Crippen LogP contribution is 2.25. The maximum absolute atomic E-state index is 12.2. The number of rotatable bonds is 10. The van der Waals surface area contributed by atoms with Crippen molar-refractivity contribution in [3.05, 3.63) is 42.2 Å². The van der Waals surface area contributed by atoms with E-state index in [0.29, 0.717) is 18.9 Å². The average Bonchev–Trinajstić information content (AvgIpc) is 2.80. The summed E-state index contributed by atoms with van der Waals surface area (Å²) in [5.41, 5.74) is 1.05. The summed E-state index contributed by atoms with van der Waals surface area (Å²) in [6.07, 6.45) is 6.39. The SMILES string of the molecule is CCCNc1cc(N2CCC(CCC(=O)NCc3cccc(OC)c3)CC2)ncn1. The van der Waals surface area contributed by atoms with Crippen LogP contribution in [0.5, 0.6) is 5.75 Å². The number of ether oxygens (including phenoxy) is 1. The molecule has 0 atom stereocenters. The van der Waals surface area contributed by atoms with Crippen molar-refractivity contribution in [3.63, 3.8) is 0 Å². The first-order valence-corrected chi connectivity index (χ1v) is 10.9. The fourth-order valence-electron chi connectivity index (χ4n) is 3.73. The molecule has 1 aromatic carbocycles. The number of nitrogens with zero attached hydrogens (tertiary/aromatic N) is 3. The number of aromatic nitrogens is 2. The van der Waals surface area contributed by atoms with Crippen LogP contribution in [0.1, 0.15) is 44.6 Å². The number of benzene rings is 1. The molecule has 1 fully saturated rings. The van der Waals surface area contributed by atoms with E-state index in [2.05, 4.69) is 32.4 Å². The zero-order valence-electron chi connectivity index (χ0n) is 18.1. The monoisotopic (exact) mass is 411 g/mol. The molecule has 1 saturated heterocycles. The molecular formula is C23H33N5O2. The van der Waals surface area contributed by atoms with Gasteiger partial charge in [0.1, 0.15) is 23.7 Å². The van der Waals surface area contributed by atoms with Gasteiger partial charge in [-0.25, -0.2) is 9.97 Å². The number of nitrogens with one attached hydrogen (secondary N) is 2. The van der Waals surface area contributed by atoms with Crippen LogP contribution in [-0.4, -0.2) is 42.6 Å². The van der Waals surface area contributed by atoms with Gasteiger partial charge in [-0.3, -0.25) is 4.79 Å². The Morgan fingerprint density at radius 1 is 1.23 bits per heavy atom. The summed E-state index contributed by atoms with van der Waals surface area (Å²) in [6.45, 7) is 5.54. The summed E-state index contributed by atoms with van der Waals surface area (Å²) in [6, 6.07) is 9.82. The van der Waals surface area contributed by atoms with Crippen molar-refractivity contribution >= 4 is 17.5 Å². The van der Waals surface area contributed by atoms with Crippen LogP contribution in [0.15, 0.2) is 36.7 Å². The van der Waals surface area contributed by atoms with E-state index in [4.69, 9.17) is 4.74 Å². The number of hydrogen-bond donors (Lipinski definition) is 2. The molecule has 2 aromatic rings. The van der Waals surface area contributed by atoms with Crippen LogP contribution in [0.25, 0.3) is 0 Å². The molecule has 3 rings (SSSR count). The van der Waals surface area contributed by atoms with Gasteiger partial charge in [0.15, 0.2) is 0 Å². The number of carbonyl (C=O) groups is 1. The minimum Gasteiger partial charge on any atom is -0.497 e. The second-order valence-electron chi connectivity index (χ2n) is 7.79. The normalized spacial score (nSPS) is 14.4. The van der Waals surface area contributed by atoms with E-state index < -0.39 is 0 Å². The van der Waals surface area contributed by atoms with Crippen LogP contribution in [0, 0.1) is 5.92 Å². The lowest BCUT2D eigenvalue weighted by atomic mass is 9.92. The summed E-state index contributed by atoms with van der Waals surface area (Å²) in [7, 11) is 1.65. The first kappa shape index (κ1) is 21.9. The zero-order valence-corrected chi connectivity index (χ0v) is 18.1. The van der Waals surface area contributed by atoms with Crippen LogP contribution in [0.2, 0.25) is 0 Å². The van der Waals surface area contributed by atoms with Crippen molar-refractivity contribution in [2.45, 2.75) is 45.6 Å². The van der Waals surface area contributed by atoms with Gasteiger partial charge in [0.2, 0.25) is 5.91 Å². The molecule has 0 spiro atoms. The van der Waals surface area contributed by atoms with E-state index in [1.54, 1.807) is 13.4 Å². The average molecular weight is 412 g/mol. The minimum atomic E-state index is 0.114. The topological polar surface area (TPSA) is 79.4 Å². The Labute approximate surface area is 179 Å². The Bertz CT molecular complexity index is 806. The Hall–Kier alpha value is -2.83. The molecule has 1 aliphatic rings. The van der Waals surface area contributed by atoms with Gasteiger partial charge in [-0.1, -0.05) is 19.1 Å². The van der Waals surface area contributed by atoms with Gasteiger partial charge in [-0.05, 0) is 49.3 Å². The smallest absolute Gasteiger partial charge is 0.220 e. The molecular weight excluding hydrogens is 378 g/mol. The summed E-state index contributed by atoms with van der Waals surface area (Å²) >= 11 is 0. The number of amides is 1. The molecule has 1 aliphatic heterocycles. The molecule has 7 nitrogen and oxygen atoms in total. The van der Waals surface area contributed by atoms with E-state index >= 15 is 0 Å². The maximum atomic E-state index is 12.2. The van der Waals surface area contributed by atoms with Gasteiger partial charge in [-0.2, -0.15) is 0 Å². The molecule has 1 aromatic heterocycles. The van der Waals surface area contributed by atoms with Crippen LogP contribution in [0.4, 0.5) is 11.6 Å². The Morgan fingerprint density at radius 2 is 2.07 bits per heavy atom. The quantitative estimate of drug-likeness (QED) is 0.622. The third-order valence-electron chi connectivity index (χ3n) is 5.55. The fraction of sp³-hybridized carbons (Fsp3) is 0.522. The van der Waals surface area contributed by atoms with Gasteiger partial charge in [0.05, 0.1) is 7.11 Å². The largest absolute Gasteiger partial charge is 0.497 e. The third-order valence-corrected chi connectivity index (χ3v) is 5.55. The van der Waals surface area contributed by atoms with Gasteiger partial charge < -0.3 is 20.3 Å². The highest BCUT2D eigenvalue weighted by Gasteiger charge is 2.21. The Morgan fingerprint density at radius 3 is 2.83 bits per heavy atom. The summed E-state index contributed by atoms with van der Waals surface area (Å²) in [5.74, 6) is 3.38. The second kappa shape index (κ2) is 11.4. The first-order valence-electron chi connectivity index (χ1n) is 10.9. The van der Waals surface area contributed by atoms with Gasteiger partial charge in [0.25, 0.3) is 0 Å². The van der Waals surface area contributed by atoms with Crippen LogP contribution in [0.3, 0.4) is 0 Å². The van der Waals surface area contributed by atoms with Crippen molar-refractivity contribution in [3.8, 4) is 5.75 Å². The van der Waals surface area contributed by atoms with E-state index in [1.807, 2.05) is 30.3 Å². The molecule has 0 unspecified atom stereocenters. The van der Waals surface area contributed by atoms with E-state index in [1.165, 1.54) is 0 Å². The number of carbonyl (C=O) groups excluding carboxylic acids is 1. The zero-order chi connectivity index (χ0) is 21.2. The first-order chi connectivity index (χ1) is 14.7. The Balaban J connectivity index is 1.38. The standard InChI is InChI=1S/C23H33N5O2/c1-3-11-24-21-15-22(27-17-26-21)28-12-9-18(10-13-28)7-8-23(29)25-16-19-5-4-6-20(14-19)30-2/h4-6,14-15,17-18H,3,7-13,16H2,1-2H3,(H,25,29)(H,24,26,27). The van der Waals surface area contributed by atoms with Gasteiger partial charge >= 0.3 is 0 Å². The van der Waals surface area contributed by atoms with E-state index in [-0.39, 0.29) is 5.91 Å². The summed E-state index contributed by atoms with van der Waals surface area (Å²) < 4.78 is 5.22. The minimum absolute atomic E-state index is 0.114. The number of piperidine rings is 1. The summed E-state index contributed by atoms with van der Waals surface area (Å²) in [5, 5.41) is 6.33. The van der Waals surface area contributed by atoms with Crippen molar-refractivity contribution in [1.29, 1.82) is 0 Å². The van der Waals surface area contributed by atoms with Crippen molar-refractivity contribution in [1.82, 2.24) is 15.3 Å². The lowest BCUT2D eigenvalue weighted by Crippen LogP contribution is -2.34. The van der Waals surface area contributed by atoms with E-state index in [0.717, 1.165) is 68.3 Å².